The van der Waals surface area contributed by atoms with Gasteiger partial charge in [-0.1, -0.05) is 24.3 Å². The first-order chi connectivity index (χ1) is 15.9. The van der Waals surface area contributed by atoms with Gasteiger partial charge in [0.2, 0.25) is 0 Å². The van der Waals surface area contributed by atoms with Gasteiger partial charge in [-0.25, -0.2) is 0 Å². The maximum absolute atomic E-state index is 13.5. The van der Waals surface area contributed by atoms with Crippen LogP contribution in [0.5, 0.6) is 0 Å². The van der Waals surface area contributed by atoms with Crippen LogP contribution in [-0.2, 0) is 27.3 Å². The van der Waals surface area contributed by atoms with Crippen LogP contribution in [0, 0.1) is 10.1 Å². The number of fused-ring (bicyclic) bond motifs is 1. The normalized spacial score (nSPS) is 16.1. The van der Waals surface area contributed by atoms with Crippen molar-refractivity contribution in [3.05, 3.63) is 81.0 Å². The van der Waals surface area contributed by atoms with Crippen molar-refractivity contribution in [2.45, 2.75) is 39.3 Å². The number of amides is 2. The van der Waals surface area contributed by atoms with Crippen molar-refractivity contribution in [1.82, 2.24) is 9.80 Å². The Morgan fingerprint density at radius 1 is 1.03 bits per heavy atom. The second kappa shape index (κ2) is 9.54. The molecule has 0 N–H and O–H groups in total. The molecule has 172 valence electrons. The van der Waals surface area contributed by atoms with Crippen LogP contribution >= 0.6 is 0 Å². The van der Waals surface area contributed by atoms with Gasteiger partial charge in [0.25, 0.3) is 17.5 Å². The van der Waals surface area contributed by atoms with Gasteiger partial charge in [0.15, 0.2) is 0 Å². The van der Waals surface area contributed by atoms with E-state index in [1.54, 1.807) is 12.1 Å². The van der Waals surface area contributed by atoms with Crippen molar-refractivity contribution in [1.29, 1.82) is 0 Å². The Morgan fingerprint density at radius 3 is 2.39 bits per heavy atom. The second-order valence-corrected chi connectivity index (χ2v) is 8.50. The topological polar surface area (TPSA) is 93.0 Å². The average Bonchev–Trinajstić information content (AvgIpc) is 3.06. The highest BCUT2D eigenvalue weighted by atomic mass is 16.6. The van der Waals surface area contributed by atoms with Crippen LogP contribution in [-0.4, -0.2) is 52.3 Å². The Bertz CT molecular complexity index is 1110. The molecule has 8 nitrogen and oxygen atoms in total. The van der Waals surface area contributed by atoms with Crippen LogP contribution in [0.3, 0.4) is 0 Å². The van der Waals surface area contributed by atoms with Crippen LogP contribution in [0.25, 0.3) is 5.57 Å². The Morgan fingerprint density at radius 2 is 1.73 bits per heavy atom. The third-order valence-corrected chi connectivity index (χ3v) is 5.93. The molecule has 0 saturated heterocycles. The van der Waals surface area contributed by atoms with E-state index in [0.29, 0.717) is 43.0 Å². The average molecular weight is 450 g/mol. The molecule has 0 atom stereocenters. The summed E-state index contributed by atoms with van der Waals surface area (Å²) in [6.07, 6.45) is 1.39. The van der Waals surface area contributed by atoms with Crippen molar-refractivity contribution in [2.75, 3.05) is 19.7 Å². The van der Waals surface area contributed by atoms with E-state index >= 15 is 0 Å². The molecule has 4 rings (SSSR count). The van der Waals surface area contributed by atoms with E-state index in [1.807, 2.05) is 36.9 Å². The fraction of sp³-hybridized carbons (Fsp3) is 0.360. The zero-order chi connectivity index (χ0) is 23.5. The molecule has 0 aliphatic carbocycles. The summed E-state index contributed by atoms with van der Waals surface area (Å²) in [5.74, 6) is -0.690. The first-order valence-corrected chi connectivity index (χ1v) is 11.2. The molecule has 2 amide bonds. The number of nitro groups is 1. The molecule has 0 bridgehead atoms. The Hall–Kier alpha value is -3.52. The van der Waals surface area contributed by atoms with Crippen molar-refractivity contribution >= 4 is 23.1 Å². The molecule has 2 heterocycles. The van der Waals surface area contributed by atoms with Gasteiger partial charge in [-0.3, -0.25) is 24.6 Å². The van der Waals surface area contributed by atoms with Crippen LogP contribution in [0.4, 0.5) is 5.69 Å². The minimum absolute atomic E-state index is 0.0627. The molecular formula is C25H27N3O5. The second-order valence-electron chi connectivity index (χ2n) is 8.50. The number of carbonyl (C=O) groups is 2. The molecule has 0 saturated carbocycles. The number of ether oxygens (including phenoxy) is 1. The van der Waals surface area contributed by atoms with E-state index in [0.717, 1.165) is 12.0 Å². The van der Waals surface area contributed by atoms with E-state index in [-0.39, 0.29) is 30.2 Å². The predicted molar refractivity (Wildman–Crippen MR) is 123 cm³/mol. The molecule has 2 aliphatic rings. The smallest absolute Gasteiger partial charge is 0.277 e. The lowest BCUT2D eigenvalue weighted by atomic mass is 9.98. The highest BCUT2D eigenvalue weighted by Gasteiger charge is 2.41. The lowest BCUT2D eigenvalue weighted by Gasteiger charge is -2.31. The standard InChI is InChI=1S/C25H27N3O5/c1-17(2)33-15-5-13-27-24(29)22(19-8-10-21(11-9-19)28(31)32)23(25(27)30)26-14-12-18-6-3-4-7-20(18)16-26/h3-4,6-11,17H,5,12-16H2,1-2H3. The van der Waals surface area contributed by atoms with Crippen LogP contribution in [0.1, 0.15) is 37.0 Å². The van der Waals surface area contributed by atoms with Crippen molar-refractivity contribution < 1.29 is 19.2 Å². The molecule has 0 unspecified atom stereocenters. The molecule has 33 heavy (non-hydrogen) atoms. The molecular weight excluding hydrogens is 422 g/mol. The van der Waals surface area contributed by atoms with Gasteiger partial charge < -0.3 is 9.64 Å². The van der Waals surface area contributed by atoms with E-state index in [2.05, 4.69) is 6.07 Å². The SMILES string of the molecule is CC(C)OCCCN1C(=O)C(c2ccc([N+](=O)[O-])cc2)=C(N2CCc3ccccc3C2)C1=O. The summed E-state index contributed by atoms with van der Waals surface area (Å²) in [6.45, 7) is 5.74. The molecule has 0 fully saturated rings. The zero-order valence-electron chi connectivity index (χ0n) is 18.8. The van der Waals surface area contributed by atoms with E-state index < -0.39 is 4.92 Å². The van der Waals surface area contributed by atoms with Crippen molar-refractivity contribution in [3.8, 4) is 0 Å². The summed E-state index contributed by atoms with van der Waals surface area (Å²) >= 11 is 0. The third-order valence-electron chi connectivity index (χ3n) is 5.93. The minimum Gasteiger partial charge on any atom is -0.379 e. The summed E-state index contributed by atoms with van der Waals surface area (Å²) in [6, 6.07) is 13.9. The molecule has 2 aromatic carbocycles. The number of hydrogen-bond donors (Lipinski definition) is 0. The van der Waals surface area contributed by atoms with Crippen LogP contribution in [0.2, 0.25) is 0 Å². The highest BCUT2D eigenvalue weighted by molar-refractivity contribution is 6.35. The molecule has 0 aromatic heterocycles. The van der Waals surface area contributed by atoms with Gasteiger partial charge in [0.1, 0.15) is 5.70 Å². The largest absolute Gasteiger partial charge is 0.379 e. The summed E-state index contributed by atoms with van der Waals surface area (Å²) in [7, 11) is 0. The zero-order valence-corrected chi connectivity index (χ0v) is 18.8. The van der Waals surface area contributed by atoms with E-state index in [9.17, 15) is 19.7 Å². The Labute approximate surface area is 192 Å². The van der Waals surface area contributed by atoms with Gasteiger partial charge >= 0.3 is 0 Å². The van der Waals surface area contributed by atoms with Gasteiger partial charge in [-0.05, 0) is 55.5 Å². The minimum atomic E-state index is -0.483. The summed E-state index contributed by atoms with van der Waals surface area (Å²) in [5, 5.41) is 11.1. The Kier molecular flexibility index (Phi) is 6.55. The first kappa shape index (κ1) is 22.7. The van der Waals surface area contributed by atoms with Crippen LogP contribution < -0.4 is 0 Å². The first-order valence-electron chi connectivity index (χ1n) is 11.2. The number of benzene rings is 2. The maximum Gasteiger partial charge on any atom is 0.277 e. The van der Waals surface area contributed by atoms with E-state index in [4.69, 9.17) is 4.74 Å². The number of non-ortho nitro benzene ring substituents is 1. The predicted octanol–water partition coefficient (Wildman–Crippen LogP) is 3.55. The Balaban J connectivity index is 1.66. The number of carbonyl (C=O) groups excluding carboxylic acids is 2. The fourth-order valence-corrected chi connectivity index (χ4v) is 4.30. The van der Waals surface area contributed by atoms with Gasteiger partial charge in [0.05, 0.1) is 16.6 Å². The van der Waals surface area contributed by atoms with Crippen molar-refractivity contribution in [3.63, 3.8) is 0 Å². The number of imide groups is 1. The summed E-state index contributed by atoms with van der Waals surface area (Å²) in [4.78, 5) is 40.7. The van der Waals surface area contributed by atoms with Crippen molar-refractivity contribution in [2.24, 2.45) is 0 Å². The molecule has 0 spiro atoms. The fourth-order valence-electron chi connectivity index (χ4n) is 4.30. The molecule has 2 aliphatic heterocycles. The maximum atomic E-state index is 13.5. The third kappa shape index (κ3) is 4.66. The van der Waals surface area contributed by atoms with Gasteiger partial charge in [0, 0.05) is 38.4 Å². The van der Waals surface area contributed by atoms with E-state index in [1.165, 1.54) is 22.6 Å². The van der Waals surface area contributed by atoms with Crippen LogP contribution in [0.15, 0.2) is 54.2 Å². The monoisotopic (exact) mass is 449 g/mol. The lowest BCUT2D eigenvalue weighted by Crippen LogP contribution is -2.38. The lowest BCUT2D eigenvalue weighted by molar-refractivity contribution is -0.384. The van der Waals surface area contributed by atoms with Gasteiger partial charge in [-0.15, -0.1) is 0 Å². The number of rotatable bonds is 8. The summed E-state index contributed by atoms with van der Waals surface area (Å²) < 4.78 is 5.56. The number of hydrogen-bond acceptors (Lipinski definition) is 6. The van der Waals surface area contributed by atoms with Gasteiger partial charge in [-0.2, -0.15) is 0 Å². The molecule has 2 aromatic rings. The molecule has 8 heteroatoms. The number of nitrogens with zero attached hydrogens (tertiary/aromatic N) is 3. The quantitative estimate of drug-likeness (QED) is 0.265. The number of nitro benzene ring substituents is 1. The highest BCUT2D eigenvalue weighted by Crippen LogP contribution is 2.35. The molecule has 0 radical (unpaired) electrons. The summed E-state index contributed by atoms with van der Waals surface area (Å²) in [5.41, 5.74) is 3.49.